The number of likely N-dealkylation sites (tertiary alicyclic amines) is 1. The molecule has 1 saturated carbocycles. The fourth-order valence-electron chi connectivity index (χ4n) is 3.05. The Kier molecular flexibility index (Phi) is 2.39. The summed E-state index contributed by atoms with van der Waals surface area (Å²) in [4.78, 5) is 2.68. The van der Waals surface area contributed by atoms with Gasteiger partial charge in [0, 0.05) is 12.6 Å². The summed E-state index contributed by atoms with van der Waals surface area (Å²) in [6, 6.07) is 0.760. The molecule has 0 N–H and O–H groups in total. The Morgan fingerprint density at radius 3 is 2.54 bits per heavy atom. The Bertz CT molecular complexity index is 182. The summed E-state index contributed by atoms with van der Waals surface area (Å²) < 4.78 is 0. The molecule has 1 heteroatoms. The van der Waals surface area contributed by atoms with Gasteiger partial charge in [0.25, 0.3) is 0 Å². The molecule has 1 aliphatic carbocycles. The molecule has 2 fully saturated rings. The zero-order chi connectivity index (χ0) is 9.47. The maximum Gasteiger partial charge on any atom is 0.00433 e. The van der Waals surface area contributed by atoms with Gasteiger partial charge in [-0.05, 0) is 51.0 Å². The second-order valence-corrected chi connectivity index (χ2v) is 5.32. The number of hydrogen-bond acceptors (Lipinski definition) is 1. The van der Waals surface area contributed by atoms with Crippen LogP contribution in [0.15, 0.2) is 0 Å². The Labute approximate surface area is 82.5 Å². The molecule has 2 aliphatic rings. The Morgan fingerprint density at radius 1 is 1.38 bits per heavy atom. The van der Waals surface area contributed by atoms with E-state index in [-0.39, 0.29) is 0 Å². The molecule has 0 amide bonds. The van der Waals surface area contributed by atoms with Crippen molar-refractivity contribution in [2.45, 2.75) is 52.5 Å². The Hall–Kier alpha value is -0.0400. The topological polar surface area (TPSA) is 3.24 Å². The van der Waals surface area contributed by atoms with E-state index in [0.29, 0.717) is 0 Å². The third kappa shape index (κ3) is 1.63. The molecule has 0 aromatic rings. The van der Waals surface area contributed by atoms with Crippen LogP contribution in [0, 0.1) is 11.3 Å². The van der Waals surface area contributed by atoms with E-state index in [1.54, 1.807) is 0 Å². The van der Waals surface area contributed by atoms with E-state index in [1.165, 1.54) is 38.8 Å². The zero-order valence-corrected chi connectivity index (χ0v) is 9.34. The van der Waals surface area contributed by atoms with Crippen molar-refractivity contribution >= 4 is 0 Å². The first-order valence-electron chi connectivity index (χ1n) is 5.92. The summed E-state index contributed by atoms with van der Waals surface area (Å²) in [7, 11) is 0. The van der Waals surface area contributed by atoms with E-state index >= 15 is 0 Å². The molecule has 0 radical (unpaired) electrons. The van der Waals surface area contributed by atoms with Gasteiger partial charge in [0.2, 0.25) is 0 Å². The maximum atomic E-state index is 2.68. The van der Waals surface area contributed by atoms with E-state index in [4.69, 9.17) is 0 Å². The van der Waals surface area contributed by atoms with Crippen LogP contribution in [0.5, 0.6) is 0 Å². The molecule has 1 aliphatic heterocycles. The number of rotatable bonds is 2. The molecular formula is C12H23N. The Morgan fingerprint density at radius 2 is 2.08 bits per heavy atom. The molecule has 0 aromatic carbocycles. The van der Waals surface area contributed by atoms with Crippen LogP contribution in [0.3, 0.4) is 0 Å². The smallest absolute Gasteiger partial charge is 0.00433 e. The first-order valence-corrected chi connectivity index (χ1v) is 5.92. The maximum absolute atomic E-state index is 2.68. The fourth-order valence-corrected chi connectivity index (χ4v) is 3.05. The van der Waals surface area contributed by atoms with Gasteiger partial charge < -0.3 is 4.90 Å². The van der Waals surface area contributed by atoms with Crippen molar-refractivity contribution in [2.75, 3.05) is 13.1 Å². The van der Waals surface area contributed by atoms with E-state index in [2.05, 4.69) is 25.7 Å². The molecule has 1 saturated heterocycles. The molecule has 0 bridgehead atoms. The van der Waals surface area contributed by atoms with Gasteiger partial charge in [0.05, 0.1) is 0 Å². The van der Waals surface area contributed by atoms with Crippen molar-refractivity contribution in [3.8, 4) is 0 Å². The first kappa shape index (κ1) is 9.51. The standard InChI is InChI=1S/C12H23N/c1-4-11-5-8-13(10(2)3)9-12(11)6-7-12/h10-11H,4-9H2,1-3H3/t11-/m0/s1. The van der Waals surface area contributed by atoms with Crippen molar-refractivity contribution in [2.24, 2.45) is 11.3 Å². The van der Waals surface area contributed by atoms with Crippen LogP contribution >= 0.6 is 0 Å². The zero-order valence-electron chi connectivity index (χ0n) is 9.34. The van der Waals surface area contributed by atoms with Gasteiger partial charge in [0.1, 0.15) is 0 Å². The van der Waals surface area contributed by atoms with Gasteiger partial charge in [-0.3, -0.25) is 0 Å². The predicted molar refractivity (Wildman–Crippen MR) is 56.8 cm³/mol. The summed E-state index contributed by atoms with van der Waals surface area (Å²) in [6.07, 6.45) is 5.88. The Balaban J connectivity index is 1.99. The lowest BCUT2D eigenvalue weighted by molar-refractivity contribution is 0.0764. The molecule has 2 rings (SSSR count). The normalized spacial score (nSPS) is 32.8. The number of hydrogen-bond donors (Lipinski definition) is 0. The molecule has 1 spiro atoms. The first-order chi connectivity index (χ1) is 6.18. The predicted octanol–water partition coefficient (Wildman–Crippen LogP) is 2.91. The van der Waals surface area contributed by atoms with Crippen LogP contribution in [0.2, 0.25) is 0 Å². The van der Waals surface area contributed by atoms with Crippen molar-refractivity contribution in [1.82, 2.24) is 4.90 Å². The lowest BCUT2D eigenvalue weighted by Crippen LogP contribution is -2.44. The molecule has 13 heavy (non-hydrogen) atoms. The monoisotopic (exact) mass is 181 g/mol. The minimum atomic E-state index is 0.760. The van der Waals surface area contributed by atoms with Crippen molar-refractivity contribution in [3.63, 3.8) is 0 Å². The summed E-state index contributed by atoms with van der Waals surface area (Å²) in [5, 5.41) is 0. The number of piperidine rings is 1. The summed E-state index contributed by atoms with van der Waals surface area (Å²) in [5.74, 6) is 1.04. The average molecular weight is 181 g/mol. The largest absolute Gasteiger partial charge is 0.300 e. The van der Waals surface area contributed by atoms with Crippen LogP contribution < -0.4 is 0 Å². The van der Waals surface area contributed by atoms with Gasteiger partial charge in [-0.2, -0.15) is 0 Å². The number of nitrogens with zero attached hydrogens (tertiary/aromatic N) is 1. The molecule has 1 nitrogen and oxygen atoms in total. The quantitative estimate of drug-likeness (QED) is 0.633. The highest BCUT2D eigenvalue weighted by Crippen LogP contribution is 2.56. The lowest BCUT2D eigenvalue weighted by Gasteiger charge is -2.41. The molecule has 1 atom stereocenters. The van der Waals surface area contributed by atoms with Gasteiger partial charge >= 0.3 is 0 Å². The van der Waals surface area contributed by atoms with E-state index in [1.807, 2.05) is 0 Å². The van der Waals surface area contributed by atoms with Crippen molar-refractivity contribution in [3.05, 3.63) is 0 Å². The summed E-state index contributed by atoms with van der Waals surface area (Å²) in [5.41, 5.74) is 0.775. The van der Waals surface area contributed by atoms with Gasteiger partial charge in [0.15, 0.2) is 0 Å². The summed E-state index contributed by atoms with van der Waals surface area (Å²) >= 11 is 0. The van der Waals surface area contributed by atoms with E-state index < -0.39 is 0 Å². The SMILES string of the molecule is CC[C@H]1CCN(C(C)C)CC12CC2. The summed E-state index contributed by atoms with van der Waals surface area (Å²) in [6.45, 7) is 9.78. The molecule has 76 valence electrons. The van der Waals surface area contributed by atoms with Crippen LogP contribution in [0.1, 0.15) is 46.5 Å². The third-order valence-corrected chi connectivity index (χ3v) is 4.26. The van der Waals surface area contributed by atoms with E-state index in [9.17, 15) is 0 Å². The van der Waals surface area contributed by atoms with Crippen LogP contribution in [0.4, 0.5) is 0 Å². The highest BCUT2D eigenvalue weighted by Gasteiger charge is 2.51. The highest BCUT2D eigenvalue weighted by atomic mass is 15.2. The van der Waals surface area contributed by atoms with Crippen LogP contribution in [-0.2, 0) is 0 Å². The molecular weight excluding hydrogens is 158 g/mol. The van der Waals surface area contributed by atoms with Gasteiger partial charge in [-0.15, -0.1) is 0 Å². The third-order valence-electron chi connectivity index (χ3n) is 4.26. The molecule has 1 heterocycles. The molecule has 0 unspecified atom stereocenters. The molecule has 0 aromatic heterocycles. The minimum Gasteiger partial charge on any atom is -0.300 e. The second-order valence-electron chi connectivity index (χ2n) is 5.32. The second kappa shape index (κ2) is 3.27. The minimum absolute atomic E-state index is 0.760. The fraction of sp³-hybridized carbons (Fsp3) is 1.00. The average Bonchev–Trinajstić information content (AvgIpc) is 2.85. The van der Waals surface area contributed by atoms with Crippen molar-refractivity contribution < 1.29 is 0 Å². The van der Waals surface area contributed by atoms with Gasteiger partial charge in [-0.1, -0.05) is 13.3 Å². The lowest BCUT2D eigenvalue weighted by atomic mass is 9.80. The van der Waals surface area contributed by atoms with Crippen molar-refractivity contribution in [1.29, 1.82) is 0 Å². The van der Waals surface area contributed by atoms with E-state index in [0.717, 1.165) is 17.4 Å². The highest BCUT2D eigenvalue weighted by molar-refractivity contribution is 5.03. The van der Waals surface area contributed by atoms with Crippen LogP contribution in [0.25, 0.3) is 0 Å². The van der Waals surface area contributed by atoms with Gasteiger partial charge in [-0.25, -0.2) is 0 Å². The van der Waals surface area contributed by atoms with Crippen LogP contribution in [-0.4, -0.2) is 24.0 Å².